The van der Waals surface area contributed by atoms with Crippen molar-refractivity contribution in [1.29, 1.82) is 0 Å². The van der Waals surface area contributed by atoms with Crippen molar-refractivity contribution in [2.45, 2.75) is 6.42 Å². The van der Waals surface area contributed by atoms with Gasteiger partial charge >= 0.3 is 0 Å². The Bertz CT molecular complexity index is 421. The molecule has 0 aliphatic rings. The third-order valence-electron chi connectivity index (χ3n) is 2.67. The van der Waals surface area contributed by atoms with Gasteiger partial charge in [0.1, 0.15) is 5.82 Å². The first-order valence-corrected chi connectivity index (χ1v) is 5.87. The average Bonchev–Trinajstić information content (AvgIpc) is 2.30. The summed E-state index contributed by atoms with van der Waals surface area (Å²) in [5, 5.41) is 0. The van der Waals surface area contributed by atoms with Gasteiger partial charge in [-0.25, -0.2) is 4.39 Å². The highest BCUT2D eigenvalue weighted by molar-refractivity contribution is 5.95. The van der Waals surface area contributed by atoms with E-state index in [-0.39, 0.29) is 11.5 Å². The lowest BCUT2D eigenvalue weighted by Crippen LogP contribution is -2.30. The van der Waals surface area contributed by atoms with Crippen LogP contribution in [0.1, 0.15) is 16.8 Å². The standard InChI is InChI=1S/C13H20FN3O/c1-16(2)7-4-8-17(3)13(18)11-9-10(15)5-6-12(11)14/h5-6,9H,4,7-8,15H2,1-3H3. The summed E-state index contributed by atoms with van der Waals surface area (Å²) in [5.74, 6) is -0.868. The van der Waals surface area contributed by atoms with Gasteiger partial charge in [0, 0.05) is 19.3 Å². The van der Waals surface area contributed by atoms with Crippen molar-refractivity contribution in [3.63, 3.8) is 0 Å². The smallest absolute Gasteiger partial charge is 0.256 e. The van der Waals surface area contributed by atoms with Crippen molar-refractivity contribution >= 4 is 11.6 Å². The number of carbonyl (C=O) groups excluding carboxylic acids is 1. The van der Waals surface area contributed by atoms with E-state index in [0.29, 0.717) is 12.2 Å². The van der Waals surface area contributed by atoms with Gasteiger partial charge in [0.2, 0.25) is 0 Å². The molecule has 5 heteroatoms. The lowest BCUT2D eigenvalue weighted by Gasteiger charge is -2.19. The van der Waals surface area contributed by atoms with E-state index in [1.807, 2.05) is 19.0 Å². The van der Waals surface area contributed by atoms with Gasteiger partial charge in [-0.2, -0.15) is 0 Å². The Morgan fingerprint density at radius 2 is 1.94 bits per heavy atom. The zero-order valence-corrected chi connectivity index (χ0v) is 11.1. The van der Waals surface area contributed by atoms with Gasteiger partial charge in [-0.15, -0.1) is 0 Å². The number of hydrogen-bond acceptors (Lipinski definition) is 3. The highest BCUT2D eigenvalue weighted by Gasteiger charge is 2.16. The summed E-state index contributed by atoms with van der Waals surface area (Å²) in [4.78, 5) is 15.6. The molecule has 4 nitrogen and oxygen atoms in total. The first-order valence-electron chi connectivity index (χ1n) is 5.87. The summed E-state index contributed by atoms with van der Waals surface area (Å²) < 4.78 is 13.5. The summed E-state index contributed by atoms with van der Waals surface area (Å²) in [6, 6.07) is 4.04. The SMILES string of the molecule is CN(C)CCCN(C)C(=O)c1cc(N)ccc1F. The molecule has 0 aliphatic heterocycles. The molecule has 0 heterocycles. The largest absolute Gasteiger partial charge is 0.399 e. The molecule has 1 amide bonds. The second-order valence-electron chi connectivity index (χ2n) is 4.62. The number of halogens is 1. The van der Waals surface area contributed by atoms with Crippen LogP contribution in [0.2, 0.25) is 0 Å². The van der Waals surface area contributed by atoms with Crippen LogP contribution in [0.15, 0.2) is 18.2 Å². The molecule has 0 aliphatic carbocycles. The molecular formula is C13H20FN3O. The van der Waals surface area contributed by atoms with Crippen LogP contribution in [-0.4, -0.2) is 49.9 Å². The minimum Gasteiger partial charge on any atom is -0.399 e. The zero-order chi connectivity index (χ0) is 13.7. The second kappa shape index (κ2) is 6.35. The van der Waals surface area contributed by atoms with Crippen molar-refractivity contribution in [3.05, 3.63) is 29.6 Å². The number of anilines is 1. The highest BCUT2D eigenvalue weighted by atomic mass is 19.1. The van der Waals surface area contributed by atoms with Gasteiger partial charge in [-0.3, -0.25) is 4.79 Å². The molecule has 100 valence electrons. The van der Waals surface area contributed by atoms with Crippen molar-refractivity contribution < 1.29 is 9.18 Å². The molecular weight excluding hydrogens is 233 g/mol. The molecule has 0 radical (unpaired) electrons. The molecule has 0 spiro atoms. The van der Waals surface area contributed by atoms with Crippen LogP contribution in [0.5, 0.6) is 0 Å². The van der Waals surface area contributed by atoms with Crippen molar-refractivity contribution in [2.24, 2.45) is 0 Å². The number of hydrogen-bond donors (Lipinski definition) is 1. The Morgan fingerprint density at radius 3 is 2.56 bits per heavy atom. The first-order chi connectivity index (χ1) is 8.41. The van der Waals surface area contributed by atoms with E-state index in [1.165, 1.54) is 23.1 Å². The summed E-state index contributed by atoms with van der Waals surface area (Å²) >= 11 is 0. The van der Waals surface area contributed by atoms with Crippen LogP contribution in [0, 0.1) is 5.82 Å². The monoisotopic (exact) mass is 253 g/mol. The predicted molar refractivity (Wildman–Crippen MR) is 70.9 cm³/mol. The minimum absolute atomic E-state index is 0.0300. The molecule has 1 aromatic rings. The average molecular weight is 253 g/mol. The molecule has 0 fully saturated rings. The Kier molecular flexibility index (Phi) is 5.09. The predicted octanol–water partition coefficient (Wildman–Crippen LogP) is 1.43. The molecule has 0 saturated carbocycles. The van der Waals surface area contributed by atoms with Crippen LogP contribution >= 0.6 is 0 Å². The molecule has 18 heavy (non-hydrogen) atoms. The van der Waals surface area contributed by atoms with Gasteiger partial charge < -0.3 is 15.5 Å². The first kappa shape index (κ1) is 14.4. The van der Waals surface area contributed by atoms with E-state index in [9.17, 15) is 9.18 Å². The normalized spacial score (nSPS) is 10.7. The maximum Gasteiger partial charge on any atom is 0.256 e. The van der Waals surface area contributed by atoms with E-state index in [2.05, 4.69) is 0 Å². The number of rotatable bonds is 5. The summed E-state index contributed by atoms with van der Waals surface area (Å²) in [5.41, 5.74) is 5.98. The molecule has 1 rings (SSSR count). The van der Waals surface area contributed by atoms with Crippen LogP contribution < -0.4 is 5.73 Å². The fourth-order valence-corrected chi connectivity index (χ4v) is 1.64. The molecule has 0 unspecified atom stereocenters. The Balaban J connectivity index is 2.65. The molecule has 0 bridgehead atoms. The molecule has 0 aromatic heterocycles. The Labute approximate surface area is 107 Å². The lowest BCUT2D eigenvalue weighted by atomic mass is 10.1. The van der Waals surface area contributed by atoms with Crippen molar-refractivity contribution in [3.8, 4) is 0 Å². The molecule has 0 saturated heterocycles. The number of nitrogens with zero attached hydrogens (tertiary/aromatic N) is 2. The van der Waals surface area contributed by atoms with Gasteiger partial charge in [-0.05, 0) is 45.3 Å². The maximum atomic E-state index is 13.5. The number of carbonyl (C=O) groups is 1. The Morgan fingerprint density at radius 1 is 1.28 bits per heavy atom. The van der Waals surface area contributed by atoms with Crippen LogP contribution in [0.25, 0.3) is 0 Å². The van der Waals surface area contributed by atoms with E-state index >= 15 is 0 Å². The summed E-state index contributed by atoms with van der Waals surface area (Å²) in [6.07, 6.45) is 0.846. The summed E-state index contributed by atoms with van der Waals surface area (Å²) in [6.45, 7) is 1.47. The quantitative estimate of drug-likeness (QED) is 0.808. The number of nitrogens with two attached hydrogens (primary N) is 1. The van der Waals surface area contributed by atoms with Crippen LogP contribution in [-0.2, 0) is 0 Å². The van der Waals surface area contributed by atoms with Crippen molar-refractivity contribution in [1.82, 2.24) is 9.80 Å². The van der Waals surface area contributed by atoms with Crippen LogP contribution in [0.4, 0.5) is 10.1 Å². The Hall–Kier alpha value is -1.62. The third-order valence-corrected chi connectivity index (χ3v) is 2.67. The third kappa shape index (κ3) is 4.00. The van der Waals surface area contributed by atoms with Gasteiger partial charge in [0.05, 0.1) is 5.56 Å². The maximum absolute atomic E-state index is 13.5. The number of benzene rings is 1. The number of amides is 1. The van der Waals surface area contributed by atoms with E-state index in [4.69, 9.17) is 5.73 Å². The fraction of sp³-hybridized carbons (Fsp3) is 0.462. The minimum atomic E-state index is -0.534. The van der Waals surface area contributed by atoms with E-state index < -0.39 is 5.82 Å². The molecule has 1 aromatic carbocycles. The zero-order valence-electron chi connectivity index (χ0n) is 11.1. The van der Waals surface area contributed by atoms with Gasteiger partial charge in [0.15, 0.2) is 0 Å². The highest BCUT2D eigenvalue weighted by Crippen LogP contribution is 2.14. The number of nitrogen functional groups attached to an aromatic ring is 1. The lowest BCUT2D eigenvalue weighted by molar-refractivity contribution is 0.0786. The fourth-order valence-electron chi connectivity index (χ4n) is 1.64. The molecule has 2 N–H and O–H groups in total. The van der Waals surface area contributed by atoms with Gasteiger partial charge in [-0.1, -0.05) is 0 Å². The van der Waals surface area contributed by atoms with Crippen LogP contribution in [0.3, 0.4) is 0 Å². The molecule has 0 atom stereocenters. The van der Waals surface area contributed by atoms with E-state index in [0.717, 1.165) is 13.0 Å². The van der Waals surface area contributed by atoms with Gasteiger partial charge in [0.25, 0.3) is 5.91 Å². The topological polar surface area (TPSA) is 49.6 Å². The van der Waals surface area contributed by atoms with E-state index in [1.54, 1.807) is 7.05 Å². The summed E-state index contributed by atoms with van der Waals surface area (Å²) in [7, 11) is 5.61. The second-order valence-corrected chi connectivity index (χ2v) is 4.62. The van der Waals surface area contributed by atoms with Crippen molar-refractivity contribution in [2.75, 3.05) is 40.0 Å².